The Morgan fingerprint density at radius 1 is 0.174 bits per heavy atom. The second-order valence-corrected chi connectivity index (χ2v) is 18.6. The first-order valence-electron chi connectivity index (χ1n) is 27.1. The van der Waals surface area contributed by atoms with E-state index in [9.17, 15) is 28.8 Å². The van der Waals surface area contributed by atoms with Gasteiger partial charge < -0.3 is 0 Å². The first-order chi connectivity index (χ1) is 41.2. The SMILES string of the molecule is O=C(C=Cc1ccccc1)C(=Cc1ccccc1)C(=O)C=Cc1ccccc1.O=C(C=Cc1ccccc1)C(=Cc1ccccc1)C(=O)C=Cc1ccccc1.O=C(C=Cc1ccccc1)C(=Cc1ccccc1)C(=O)C=Cc1ccccc1.[Pd].[Pd]. The van der Waals surface area contributed by atoms with Crippen LogP contribution < -0.4 is 0 Å². The molecule has 0 unspecified atom stereocenters. The molecule has 0 aromatic heterocycles. The van der Waals surface area contributed by atoms with Gasteiger partial charge in [0, 0.05) is 40.8 Å². The Balaban J connectivity index is 0.000000233. The van der Waals surface area contributed by atoms with Crippen molar-refractivity contribution in [3.63, 3.8) is 0 Å². The van der Waals surface area contributed by atoms with Crippen LogP contribution in [0.1, 0.15) is 50.1 Å². The van der Waals surface area contributed by atoms with Gasteiger partial charge in [-0.3, -0.25) is 28.8 Å². The topological polar surface area (TPSA) is 102 Å². The van der Waals surface area contributed by atoms with Gasteiger partial charge >= 0.3 is 0 Å². The molecule has 0 spiro atoms. The quantitative estimate of drug-likeness (QED) is 0.0307. The van der Waals surface area contributed by atoms with E-state index in [1.165, 1.54) is 36.5 Å². The molecule has 0 amide bonds. The third-order valence-electron chi connectivity index (χ3n) is 12.3. The second-order valence-electron chi connectivity index (χ2n) is 18.6. The fourth-order valence-electron chi connectivity index (χ4n) is 7.89. The Bertz CT molecular complexity index is 3270. The van der Waals surface area contributed by atoms with Crippen LogP contribution in [-0.4, -0.2) is 34.7 Å². The first kappa shape index (κ1) is 66.8. The maximum Gasteiger partial charge on any atom is 0.189 e. The van der Waals surface area contributed by atoms with Crippen molar-refractivity contribution in [2.75, 3.05) is 0 Å². The molecule has 0 radical (unpaired) electrons. The van der Waals surface area contributed by atoms with E-state index in [0.29, 0.717) is 0 Å². The van der Waals surface area contributed by atoms with Gasteiger partial charge in [0.25, 0.3) is 0 Å². The number of ketones is 6. The summed E-state index contributed by atoms with van der Waals surface area (Å²) < 4.78 is 0. The van der Waals surface area contributed by atoms with Crippen LogP contribution in [0.3, 0.4) is 0 Å². The number of benzene rings is 9. The largest absolute Gasteiger partial charge is 0.289 e. The average Bonchev–Trinajstić information content (AvgIpc) is 3.61. The van der Waals surface area contributed by atoms with E-state index >= 15 is 0 Å². The van der Waals surface area contributed by atoms with Crippen LogP contribution in [0, 0.1) is 0 Å². The maximum atomic E-state index is 12.8. The molecule has 6 nitrogen and oxygen atoms in total. The Morgan fingerprint density at radius 3 is 0.419 bits per heavy atom. The van der Waals surface area contributed by atoms with Crippen LogP contribution in [0.25, 0.3) is 54.7 Å². The Hall–Kier alpha value is -10.0. The van der Waals surface area contributed by atoms with Crippen molar-refractivity contribution in [2.24, 2.45) is 0 Å². The van der Waals surface area contributed by atoms with Gasteiger partial charge in [-0.25, -0.2) is 0 Å². The molecule has 86 heavy (non-hydrogen) atoms. The van der Waals surface area contributed by atoms with Crippen LogP contribution in [0.4, 0.5) is 0 Å². The average molecular weight is 1310 g/mol. The Labute approximate surface area is 531 Å². The van der Waals surface area contributed by atoms with Crippen molar-refractivity contribution in [1.29, 1.82) is 0 Å². The molecule has 0 aliphatic rings. The van der Waals surface area contributed by atoms with Gasteiger partial charge in [-0.05, 0) is 105 Å². The molecule has 9 aromatic carbocycles. The summed E-state index contributed by atoms with van der Waals surface area (Å²) in [5.74, 6) is -1.94. The molecule has 0 heterocycles. The number of carbonyl (C=O) groups excluding carboxylic acids is 6. The van der Waals surface area contributed by atoms with Crippen LogP contribution >= 0.6 is 0 Å². The number of rotatable bonds is 21. The molecule has 8 heteroatoms. The minimum Gasteiger partial charge on any atom is -0.289 e. The second kappa shape index (κ2) is 38.0. The minimum atomic E-state index is -0.324. The summed E-state index contributed by atoms with van der Waals surface area (Å²) in [4.78, 5) is 76.6. The summed E-state index contributed by atoms with van der Waals surface area (Å²) >= 11 is 0. The van der Waals surface area contributed by atoms with Crippen LogP contribution in [-0.2, 0) is 69.6 Å². The monoisotopic (exact) mass is 1300 g/mol. The van der Waals surface area contributed by atoms with Gasteiger partial charge in [0.05, 0.1) is 16.7 Å². The number of allylic oxidation sites excluding steroid dienone is 9. The van der Waals surface area contributed by atoms with Crippen molar-refractivity contribution in [3.8, 4) is 0 Å². The maximum absolute atomic E-state index is 12.8. The zero-order valence-electron chi connectivity index (χ0n) is 46.7. The summed E-state index contributed by atoms with van der Waals surface area (Å²) in [5.41, 5.74) is 8.24. The standard InChI is InChI=1S/3C26H20O2.2Pd/c3*27-25(18-16-21-10-4-1-5-11-21)24(20-23-14-8-3-9-15-23)26(28)19-17-22-12-6-2-7-13-22;;/h3*1-20H;;. The van der Waals surface area contributed by atoms with Crippen molar-refractivity contribution >= 4 is 89.4 Å². The molecule has 428 valence electrons. The van der Waals surface area contributed by atoms with Gasteiger partial charge in [0.15, 0.2) is 34.7 Å². The predicted octanol–water partition coefficient (Wildman–Crippen LogP) is 16.9. The van der Waals surface area contributed by atoms with Crippen molar-refractivity contribution in [3.05, 3.63) is 376 Å². The summed E-state index contributed by atoms with van der Waals surface area (Å²) in [7, 11) is 0. The molecule has 0 atom stereocenters. The molecule has 0 saturated carbocycles. The Kier molecular flexibility index (Phi) is 29.5. The van der Waals surface area contributed by atoms with E-state index in [1.54, 1.807) is 54.7 Å². The first-order valence-corrected chi connectivity index (χ1v) is 27.1. The number of carbonyl (C=O) groups is 6. The number of hydrogen-bond acceptors (Lipinski definition) is 6. The van der Waals surface area contributed by atoms with Gasteiger partial charge in [0.2, 0.25) is 0 Å². The van der Waals surface area contributed by atoms with Gasteiger partial charge in [-0.15, -0.1) is 0 Å². The molecular weight excluding hydrogens is 1250 g/mol. The number of hydrogen-bond donors (Lipinski definition) is 0. The zero-order valence-corrected chi connectivity index (χ0v) is 49.8. The summed E-state index contributed by atoms with van der Waals surface area (Å²) in [6.07, 6.45) is 23.9. The molecule has 9 aromatic rings. The molecule has 9 rings (SSSR count). The Morgan fingerprint density at radius 2 is 0.291 bits per heavy atom. The van der Waals surface area contributed by atoms with E-state index in [4.69, 9.17) is 0 Å². The summed E-state index contributed by atoms with van der Waals surface area (Å²) in [6, 6.07) is 85.3. The van der Waals surface area contributed by atoms with Crippen molar-refractivity contribution in [2.45, 2.75) is 0 Å². The summed E-state index contributed by atoms with van der Waals surface area (Å²) in [6.45, 7) is 0. The van der Waals surface area contributed by atoms with Crippen molar-refractivity contribution in [1.82, 2.24) is 0 Å². The van der Waals surface area contributed by atoms with E-state index in [1.807, 2.05) is 273 Å². The van der Waals surface area contributed by atoms with E-state index in [-0.39, 0.29) is 92.3 Å². The third-order valence-corrected chi connectivity index (χ3v) is 12.3. The minimum absolute atomic E-state index is 0. The smallest absolute Gasteiger partial charge is 0.189 e. The predicted molar refractivity (Wildman–Crippen MR) is 346 cm³/mol. The molecule has 0 N–H and O–H groups in total. The fraction of sp³-hybridized carbons (Fsp3) is 0. The van der Waals surface area contributed by atoms with Gasteiger partial charge in [-0.1, -0.05) is 309 Å². The summed E-state index contributed by atoms with van der Waals surface area (Å²) in [5, 5.41) is 0. The molecule has 0 fully saturated rings. The van der Waals surface area contributed by atoms with Gasteiger partial charge in [0.1, 0.15) is 0 Å². The van der Waals surface area contributed by atoms with E-state index in [2.05, 4.69) is 0 Å². The van der Waals surface area contributed by atoms with E-state index < -0.39 is 0 Å². The van der Waals surface area contributed by atoms with Gasteiger partial charge in [-0.2, -0.15) is 0 Å². The van der Waals surface area contributed by atoms with Crippen LogP contribution in [0.5, 0.6) is 0 Å². The van der Waals surface area contributed by atoms with Crippen LogP contribution in [0.15, 0.2) is 326 Å². The van der Waals surface area contributed by atoms with E-state index in [0.717, 1.165) is 50.1 Å². The molecule has 0 bridgehead atoms. The molecule has 0 aliphatic heterocycles. The van der Waals surface area contributed by atoms with Crippen molar-refractivity contribution < 1.29 is 69.6 Å². The molecule has 0 saturated heterocycles. The molecular formula is C78H60O6Pd2. The molecule has 0 aliphatic carbocycles. The normalized spacial score (nSPS) is 10.6. The fourth-order valence-corrected chi connectivity index (χ4v) is 7.89. The van der Waals surface area contributed by atoms with Crippen LogP contribution in [0.2, 0.25) is 0 Å². The third kappa shape index (κ3) is 24.1. The zero-order chi connectivity index (χ0) is 58.8.